The van der Waals surface area contributed by atoms with Crippen LogP contribution in [0.2, 0.25) is 0 Å². The fraction of sp³-hybridized carbons (Fsp3) is 0.211. The summed E-state index contributed by atoms with van der Waals surface area (Å²) in [6, 6.07) is 16.3. The molecule has 0 spiro atoms. The summed E-state index contributed by atoms with van der Waals surface area (Å²) in [7, 11) is 3.73. The summed E-state index contributed by atoms with van der Waals surface area (Å²) in [6.45, 7) is 1.55. The van der Waals surface area contributed by atoms with E-state index in [4.69, 9.17) is 4.74 Å². The minimum Gasteiger partial charge on any atom is -0.497 e. The van der Waals surface area contributed by atoms with Gasteiger partial charge in [-0.2, -0.15) is 5.26 Å². The summed E-state index contributed by atoms with van der Waals surface area (Å²) in [5.74, 6) is 0.863. The van der Waals surface area contributed by atoms with Gasteiger partial charge in [-0.05, 0) is 36.9 Å². The van der Waals surface area contributed by atoms with Crippen molar-refractivity contribution in [2.24, 2.45) is 0 Å². The first kappa shape index (κ1) is 15.1. The molecule has 4 nitrogen and oxygen atoms in total. The number of ether oxygens (including phenoxy) is 1. The van der Waals surface area contributed by atoms with Crippen LogP contribution in [0, 0.1) is 11.3 Å². The van der Waals surface area contributed by atoms with E-state index in [0.717, 1.165) is 35.5 Å². The predicted octanol–water partition coefficient (Wildman–Crippen LogP) is 3.45. The maximum absolute atomic E-state index is 9.47. The van der Waals surface area contributed by atoms with Gasteiger partial charge < -0.3 is 9.14 Å². The zero-order valence-corrected chi connectivity index (χ0v) is 13.4. The van der Waals surface area contributed by atoms with Crippen molar-refractivity contribution >= 4 is 5.52 Å². The zero-order valence-electron chi connectivity index (χ0n) is 13.4. The maximum atomic E-state index is 9.47. The summed E-state index contributed by atoms with van der Waals surface area (Å²) in [4.78, 5) is 2.21. The number of aromatic nitrogens is 1. The Morgan fingerprint density at radius 3 is 2.61 bits per heavy atom. The largest absolute Gasteiger partial charge is 0.497 e. The molecule has 0 aliphatic heterocycles. The normalized spacial score (nSPS) is 10.9. The fourth-order valence-electron chi connectivity index (χ4n) is 2.82. The van der Waals surface area contributed by atoms with Gasteiger partial charge in [0.05, 0.1) is 18.2 Å². The van der Waals surface area contributed by atoms with E-state index < -0.39 is 0 Å². The Kier molecular flexibility index (Phi) is 4.31. The molecule has 0 radical (unpaired) electrons. The molecule has 0 bridgehead atoms. The lowest BCUT2D eigenvalue weighted by molar-refractivity contribution is 0.318. The second kappa shape index (κ2) is 6.55. The number of fused-ring (bicyclic) bond motifs is 1. The monoisotopic (exact) mass is 305 g/mol. The lowest BCUT2D eigenvalue weighted by atomic mass is 10.1. The van der Waals surface area contributed by atoms with Crippen molar-refractivity contribution in [3.8, 4) is 11.8 Å². The molecule has 0 unspecified atom stereocenters. The number of nitrogens with zero attached hydrogens (tertiary/aromatic N) is 3. The standard InChI is InChI=1S/C19H19N3O/c1-21(12-15-6-8-17(23-2)9-7-15)13-16-14-22-10-4-3-5-19(22)18(16)11-20/h3-10,14H,12-13H2,1-2H3. The smallest absolute Gasteiger partial charge is 0.118 e. The van der Waals surface area contributed by atoms with Crippen molar-refractivity contribution in [1.29, 1.82) is 5.26 Å². The quantitative estimate of drug-likeness (QED) is 0.725. The van der Waals surface area contributed by atoms with Crippen LogP contribution >= 0.6 is 0 Å². The van der Waals surface area contributed by atoms with Gasteiger partial charge in [0, 0.05) is 31.0 Å². The number of pyridine rings is 1. The Morgan fingerprint density at radius 2 is 1.91 bits per heavy atom. The van der Waals surface area contributed by atoms with E-state index >= 15 is 0 Å². The first-order valence-corrected chi connectivity index (χ1v) is 7.51. The molecule has 0 amide bonds. The maximum Gasteiger partial charge on any atom is 0.118 e. The Hall–Kier alpha value is -2.77. The molecule has 3 aromatic rings. The molecule has 0 saturated carbocycles. The summed E-state index contributed by atoms with van der Waals surface area (Å²) in [6.07, 6.45) is 4.02. The van der Waals surface area contributed by atoms with Crippen LogP contribution in [0.25, 0.3) is 5.52 Å². The van der Waals surface area contributed by atoms with E-state index in [2.05, 4.69) is 30.1 Å². The molecular formula is C19H19N3O. The summed E-state index contributed by atoms with van der Waals surface area (Å²) >= 11 is 0. The van der Waals surface area contributed by atoms with Gasteiger partial charge in [-0.25, -0.2) is 0 Å². The van der Waals surface area contributed by atoms with Crippen LogP contribution in [-0.4, -0.2) is 23.5 Å². The van der Waals surface area contributed by atoms with Crippen molar-refractivity contribution in [1.82, 2.24) is 9.30 Å². The van der Waals surface area contributed by atoms with E-state index in [0.29, 0.717) is 0 Å². The van der Waals surface area contributed by atoms with Crippen molar-refractivity contribution < 1.29 is 4.74 Å². The van der Waals surface area contributed by atoms with Crippen LogP contribution in [-0.2, 0) is 13.1 Å². The highest BCUT2D eigenvalue weighted by Crippen LogP contribution is 2.20. The topological polar surface area (TPSA) is 40.7 Å². The van der Waals surface area contributed by atoms with Crippen molar-refractivity contribution in [3.05, 3.63) is 71.5 Å². The number of hydrogen-bond donors (Lipinski definition) is 0. The number of methoxy groups -OCH3 is 1. The van der Waals surface area contributed by atoms with Gasteiger partial charge in [0.15, 0.2) is 0 Å². The summed E-state index contributed by atoms with van der Waals surface area (Å²) in [5, 5.41) is 9.47. The number of nitriles is 1. The highest BCUT2D eigenvalue weighted by Gasteiger charge is 2.12. The fourth-order valence-corrected chi connectivity index (χ4v) is 2.82. The van der Waals surface area contributed by atoms with Crippen LogP contribution in [0.15, 0.2) is 54.9 Å². The lowest BCUT2D eigenvalue weighted by Crippen LogP contribution is -2.17. The molecule has 2 heterocycles. The third-order valence-corrected chi connectivity index (χ3v) is 3.93. The average molecular weight is 305 g/mol. The minimum atomic E-state index is 0.733. The van der Waals surface area contributed by atoms with Gasteiger partial charge in [-0.1, -0.05) is 18.2 Å². The molecule has 4 heteroatoms. The van der Waals surface area contributed by atoms with Crippen molar-refractivity contribution in [3.63, 3.8) is 0 Å². The number of rotatable bonds is 5. The molecule has 116 valence electrons. The molecule has 0 atom stereocenters. The first-order chi connectivity index (χ1) is 11.2. The highest BCUT2D eigenvalue weighted by molar-refractivity contribution is 5.65. The van der Waals surface area contributed by atoms with Gasteiger partial charge >= 0.3 is 0 Å². The molecular weight excluding hydrogens is 286 g/mol. The van der Waals surface area contributed by atoms with Gasteiger partial charge in [0.25, 0.3) is 0 Å². The molecule has 23 heavy (non-hydrogen) atoms. The molecule has 3 rings (SSSR count). The highest BCUT2D eigenvalue weighted by atomic mass is 16.5. The first-order valence-electron chi connectivity index (χ1n) is 7.51. The van der Waals surface area contributed by atoms with Gasteiger partial charge in [-0.3, -0.25) is 4.90 Å². The molecule has 2 aromatic heterocycles. The number of hydrogen-bond acceptors (Lipinski definition) is 3. The van der Waals surface area contributed by atoms with E-state index in [-0.39, 0.29) is 0 Å². The second-order valence-electron chi connectivity index (χ2n) is 5.65. The van der Waals surface area contributed by atoms with Crippen molar-refractivity contribution in [2.75, 3.05) is 14.2 Å². The Balaban J connectivity index is 1.77. The van der Waals surface area contributed by atoms with E-state index in [1.165, 1.54) is 5.56 Å². The Bertz CT molecular complexity index is 843. The van der Waals surface area contributed by atoms with Crippen LogP contribution in [0.1, 0.15) is 16.7 Å². The van der Waals surface area contributed by atoms with E-state index in [9.17, 15) is 5.26 Å². The van der Waals surface area contributed by atoms with Crippen molar-refractivity contribution in [2.45, 2.75) is 13.1 Å². The van der Waals surface area contributed by atoms with Gasteiger partial charge in [-0.15, -0.1) is 0 Å². The van der Waals surface area contributed by atoms with Crippen LogP contribution in [0.4, 0.5) is 0 Å². The molecule has 0 N–H and O–H groups in total. The SMILES string of the molecule is COc1ccc(CN(C)Cc2cn3ccccc3c2C#N)cc1. The van der Waals surface area contributed by atoms with Crippen LogP contribution < -0.4 is 4.74 Å². The molecule has 0 aliphatic rings. The summed E-state index contributed by atoms with van der Waals surface area (Å²) < 4.78 is 7.19. The zero-order chi connectivity index (χ0) is 16.2. The number of benzene rings is 1. The molecule has 1 aromatic carbocycles. The van der Waals surface area contributed by atoms with Crippen LogP contribution in [0.5, 0.6) is 5.75 Å². The predicted molar refractivity (Wildman–Crippen MR) is 90.3 cm³/mol. The third kappa shape index (κ3) is 3.20. The Labute approximate surface area is 136 Å². The van der Waals surface area contributed by atoms with E-state index in [1.807, 2.05) is 47.1 Å². The molecule has 0 saturated heterocycles. The Morgan fingerprint density at radius 1 is 1.13 bits per heavy atom. The third-order valence-electron chi connectivity index (χ3n) is 3.93. The van der Waals surface area contributed by atoms with E-state index in [1.54, 1.807) is 7.11 Å². The molecule has 0 fully saturated rings. The molecule has 0 aliphatic carbocycles. The van der Waals surface area contributed by atoms with Gasteiger partial charge in [0.2, 0.25) is 0 Å². The second-order valence-corrected chi connectivity index (χ2v) is 5.65. The van der Waals surface area contributed by atoms with Gasteiger partial charge in [0.1, 0.15) is 11.8 Å². The van der Waals surface area contributed by atoms with Crippen LogP contribution in [0.3, 0.4) is 0 Å². The average Bonchev–Trinajstić information content (AvgIpc) is 2.92. The minimum absolute atomic E-state index is 0.733. The lowest BCUT2D eigenvalue weighted by Gasteiger charge is -2.16. The summed E-state index contributed by atoms with van der Waals surface area (Å²) in [5.41, 5.74) is 3.99.